The summed E-state index contributed by atoms with van der Waals surface area (Å²) in [5, 5.41) is 14.0. The minimum atomic E-state index is -1.06. The fourth-order valence-electron chi connectivity index (χ4n) is 3.73. The Balaban J connectivity index is 1.62. The molecule has 0 spiro atoms. The quantitative estimate of drug-likeness (QED) is 0.353. The smallest absolute Gasteiger partial charge is 0.303 e. The van der Waals surface area contributed by atoms with Crippen LogP contribution in [-0.2, 0) is 14.4 Å². The van der Waals surface area contributed by atoms with Gasteiger partial charge in [-0.25, -0.2) is 0 Å². The van der Waals surface area contributed by atoms with Crippen molar-refractivity contribution in [3.63, 3.8) is 0 Å². The second kappa shape index (κ2) is 8.33. The number of piperidine rings is 1. The Hall–Kier alpha value is -3.03. The van der Waals surface area contributed by atoms with Gasteiger partial charge in [0.05, 0.1) is 11.8 Å². The molecule has 2 unspecified atom stereocenters. The molecule has 3 rings (SSSR count). The molecule has 1 aliphatic carbocycles. The fourth-order valence-corrected chi connectivity index (χ4v) is 3.73. The number of Topliss-reactive ketones (excluding diaryl/α,β-unsaturated/α-hetero) is 2. The molecule has 0 bridgehead atoms. The Bertz CT molecular complexity index is 847. The summed E-state index contributed by atoms with van der Waals surface area (Å²) in [6.07, 6.45) is 2.65. The number of carbonyl (C=O) groups excluding carboxylic acids is 4. The van der Waals surface area contributed by atoms with Crippen molar-refractivity contribution in [2.75, 3.05) is 11.9 Å². The van der Waals surface area contributed by atoms with E-state index >= 15 is 0 Å². The molecule has 0 aromatic heterocycles. The molecule has 2 aliphatic rings. The van der Waals surface area contributed by atoms with Crippen molar-refractivity contribution in [2.24, 2.45) is 11.8 Å². The summed E-state index contributed by atoms with van der Waals surface area (Å²) >= 11 is 0. The number of carboxylic acids is 1. The molecular weight excluding hydrogens is 364 g/mol. The summed E-state index contributed by atoms with van der Waals surface area (Å²) in [6, 6.07) is 4.93. The van der Waals surface area contributed by atoms with Crippen molar-refractivity contribution < 1.29 is 29.1 Å². The van der Waals surface area contributed by atoms with Gasteiger partial charge in [-0.2, -0.15) is 0 Å². The minimum Gasteiger partial charge on any atom is -0.481 e. The zero-order valence-corrected chi connectivity index (χ0v) is 15.3. The Kier molecular flexibility index (Phi) is 5.87. The number of rotatable bonds is 8. The second-order valence-corrected chi connectivity index (χ2v) is 7.16. The van der Waals surface area contributed by atoms with Crippen LogP contribution in [0.2, 0.25) is 0 Å². The van der Waals surface area contributed by atoms with Gasteiger partial charge >= 0.3 is 5.97 Å². The number of nitrogens with one attached hydrogen (secondary N) is 2. The van der Waals surface area contributed by atoms with Crippen LogP contribution >= 0.6 is 0 Å². The van der Waals surface area contributed by atoms with E-state index in [1.807, 2.05) is 0 Å². The summed E-state index contributed by atoms with van der Waals surface area (Å²) in [5.74, 6) is -4.36. The van der Waals surface area contributed by atoms with Crippen LogP contribution in [0.1, 0.15) is 59.2 Å². The lowest BCUT2D eigenvalue weighted by molar-refractivity contribution is -0.138. The van der Waals surface area contributed by atoms with Crippen LogP contribution in [0.15, 0.2) is 18.2 Å². The predicted octanol–water partition coefficient (Wildman–Crippen LogP) is 1.79. The number of carbonyl (C=O) groups is 5. The highest BCUT2D eigenvalue weighted by Gasteiger charge is 2.47. The Labute approximate surface area is 161 Å². The zero-order valence-electron chi connectivity index (χ0n) is 15.3. The number of benzene rings is 1. The normalized spacial score (nSPS) is 21.4. The van der Waals surface area contributed by atoms with E-state index in [1.54, 1.807) is 18.2 Å². The SMILES string of the molecule is O=C(O)CCCCCNc1ccc2c(c1)C(=O)C(C1CCC(=O)NC1=O)C2=O. The van der Waals surface area contributed by atoms with Gasteiger partial charge in [0, 0.05) is 36.2 Å². The van der Waals surface area contributed by atoms with Gasteiger partial charge in [0.15, 0.2) is 11.6 Å². The summed E-state index contributed by atoms with van der Waals surface area (Å²) in [4.78, 5) is 59.4. The monoisotopic (exact) mass is 386 g/mol. The first kappa shape index (κ1) is 19.7. The van der Waals surface area contributed by atoms with Crippen molar-refractivity contribution in [3.05, 3.63) is 29.3 Å². The van der Waals surface area contributed by atoms with Crippen molar-refractivity contribution >= 4 is 35.0 Å². The van der Waals surface area contributed by atoms with Crippen LogP contribution in [-0.4, -0.2) is 41.0 Å². The van der Waals surface area contributed by atoms with Crippen LogP contribution < -0.4 is 10.6 Å². The molecule has 1 saturated heterocycles. The van der Waals surface area contributed by atoms with Gasteiger partial charge in [0.25, 0.3) is 0 Å². The summed E-state index contributed by atoms with van der Waals surface area (Å²) in [5.41, 5.74) is 1.31. The maximum atomic E-state index is 12.8. The number of amides is 2. The lowest BCUT2D eigenvalue weighted by Crippen LogP contribution is -2.46. The van der Waals surface area contributed by atoms with E-state index in [1.165, 1.54) is 0 Å². The number of imide groups is 1. The lowest BCUT2D eigenvalue weighted by atomic mass is 9.82. The second-order valence-electron chi connectivity index (χ2n) is 7.16. The van der Waals surface area contributed by atoms with E-state index in [-0.39, 0.29) is 36.7 Å². The van der Waals surface area contributed by atoms with E-state index in [9.17, 15) is 24.0 Å². The lowest BCUT2D eigenvalue weighted by Gasteiger charge is -2.23. The maximum Gasteiger partial charge on any atom is 0.303 e. The van der Waals surface area contributed by atoms with E-state index in [0.29, 0.717) is 29.8 Å². The van der Waals surface area contributed by atoms with E-state index in [0.717, 1.165) is 12.8 Å². The summed E-state index contributed by atoms with van der Waals surface area (Å²) < 4.78 is 0. The third kappa shape index (κ3) is 4.11. The highest BCUT2D eigenvalue weighted by Crippen LogP contribution is 2.36. The number of aliphatic carboxylic acids is 1. The van der Waals surface area contributed by atoms with E-state index < -0.39 is 23.7 Å². The summed E-state index contributed by atoms with van der Waals surface area (Å²) in [6.45, 7) is 0.622. The topological polar surface area (TPSA) is 130 Å². The molecule has 0 saturated carbocycles. The first-order valence-corrected chi connectivity index (χ1v) is 9.40. The molecule has 1 heterocycles. The third-order valence-corrected chi connectivity index (χ3v) is 5.20. The van der Waals surface area contributed by atoms with E-state index in [2.05, 4.69) is 10.6 Å². The van der Waals surface area contributed by atoms with Crippen LogP contribution in [0.3, 0.4) is 0 Å². The Morgan fingerprint density at radius 2 is 1.82 bits per heavy atom. The summed E-state index contributed by atoms with van der Waals surface area (Å²) in [7, 11) is 0. The first-order valence-electron chi connectivity index (χ1n) is 9.40. The largest absolute Gasteiger partial charge is 0.481 e. The average Bonchev–Trinajstić information content (AvgIpc) is 2.89. The molecule has 1 fully saturated rings. The molecule has 8 heteroatoms. The number of hydrogen-bond acceptors (Lipinski definition) is 6. The van der Waals surface area contributed by atoms with Gasteiger partial charge in [-0.3, -0.25) is 29.3 Å². The molecule has 28 heavy (non-hydrogen) atoms. The van der Waals surface area contributed by atoms with Gasteiger partial charge in [-0.05, 0) is 37.5 Å². The molecule has 8 nitrogen and oxygen atoms in total. The van der Waals surface area contributed by atoms with Gasteiger partial charge in [0.2, 0.25) is 11.8 Å². The number of anilines is 1. The van der Waals surface area contributed by atoms with Crippen LogP contribution in [0.25, 0.3) is 0 Å². The third-order valence-electron chi connectivity index (χ3n) is 5.20. The highest BCUT2D eigenvalue weighted by molar-refractivity contribution is 6.28. The minimum absolute atomic E-state index is 0.124. The molecule has 3 N–H and O–H groups in total. The van der Waals surface area contributed by atoms with Gasteiger partial charge in [-0.1, -0.05) is 6.42 Å². The molecule has 0 radical (unpaired) electrons. The Morgan fingerprint density at radius 1 is 1.07 bits per heavy atom. The van der Waals surface area contributed by atoms with Crippen molar-refractivity contribution in [2.45, 2.75) is 38.5 Å². The molecule has 1 aliphatic heterocycles. The zero-order chi connectivity index (χ0) is 20.3. The van der Waals surface area contributed by atoms with Crippen molar-refractivity contribution in [3.8, 4) is 0 Å². The number of unbranched alkanes of at least 4 members (excludes halogenated alkanes) is 2. The highest BCUT2D eigenvalue weighted by atomic mass is 16.4. The van der Waals surface area contributed by atoms with Gasteiger partial charge < -0.3 is 10.4 Å². The molecule has 148 valence electrons. The molecule has 2 amide bonds. The van der Waals surface area contributed by atoms with Gasteiger partial charge in [0.1, 0.15) is 0 Å². The number of carboxylic acid groups (broad SMARTS) is 1. The average molecular weight is 386 g/mol. The standard InChI is InChI=1S/C20H22N2O6/c23-15-8-7-13(20(28)22-15)17-18(26)12-6-5-11(10-14(12)19(17)27)21-9-3-1-2-4-16(24)25/h5-6,10,13,17,21H,1-4,7-9H2,(H,24,25)(H,22,23,28). The van der Waals surface area contributed by atoms with Crippen molar-refractivity contribution in [1.82, 2.24) is 5.32 Å². The number of hydrogen-bond donors (Lipinski definition) is 3. The predicted molar refractivity (Wildman–Crippen MR) is 99.1 cm³/mol. The van der Waals surface area contributed by atoms with Gasteiger partial charge in [-0.15, -0.1) is 0 Å². The van der Waals surface area contributed by atoms with Crippen LogP contribution in [0.5, 0.6) is 0 Å². The fraction of sp³-hybridized carbons (Fsp3) is 0.450. The Morgan fingerprint density at radius 3 is 2.54 bits per heavy atom. The van der Waals surface area contributed by atoms with Crippen LogP contribution in [0.4, 0.5) is 5.69 Å². The number of ketones is 2. The van der Waals surface area contributed by atoms with Crippen molar-refractivity contribution in [1.29, 1.82) is 0 Å². The maximum absolute atomic E-state index is 12.8. The van der Waals surface area contributed by atoms with E-state index in [4.69, 9.17) is 5.11 Å². The molecular formula is C20H22N2O6. The molecule has 2 atom stereocenters. The number of fused-ring (bicyclic) bond motifs is 1. The first-order chi connectivity index (χ1) is 13.4. The molecule has 1 aromatic carbocycles. The molecule has 1 aromatic rings. The van der Waals surface area contributed by atoms with Crippen LogP contribution in [0, 0.1) is 11.8 Å².